The molecule has 20 heavy (non-hydrogen) atoms. The second-order valence-electron chi connectivity index (χ2n) is 5.03. The van der Waals surface area contributed by atoms with E-state index in [0.29, 0.717) is 6.04 Å². The molecule has 2 aromatic rings. The van der Waals surface area contributed by atoms with Gasteiger partial charge in [0.25, 0.3) is 0 Å². The van der Waals surface area contributed by atoms with Crippen LogP contribution in [0.3, 0.4) is 0 Å². The molecule has 1 fully saturated rings. The van der Waals surface area contributed by atoms with Gasteiger partial charge in [0.05, 0.1) is 25.5 Å². The topological polar surface area (TPSA) is 38.5 Å². The highest BCUT2D eigenvalue weighted by atomic mass is 79.9. The smallest absolute Gasteiger partial charge is 0.150 e. The number of ether oxygens (including phenoxy) is 1. The van der Waals surface area contributed by atoms with Gasteiger partial charge in [0.1, 0.15) is 0 Å². The fraction of sp³-hybridized carbons (Fsp3) is 0.400. The van der Waals surface area contributed by atoms with E-state index in [1.54, 1.807) is 6.20 Å². The molecule has 0 radical (unpaired) electrons. The van der Waals surface area contributed by atoms with Crippen LogP contribution < -0.4 is 0 Å². The van der Waals surface area contributed by atoms with Gasteiger partial charge >= 0.3 is 0 Å². The summed E-state index contributed by atoms with van der Waals surface area (Å²) in [6.45, 7) is 4.62. The van der Waals surface area contributed by atoms with Crippen molar-refractivity contribution in [3.05, 3.63) is 52.3 Å². The molecule has 1 aliphatic rings. The normalized spacial score (nSPS) is 23.9. The van der Waals surface area contributed by atoms with Crippen LogP contribution >= 0.6 is 15.9 Å². The number of nitrogens with zero attached hydrogens (tertiary/aromatic N) is 2. The summed E-state index contributed by atoms with van der Waals surface area (Å²) in [7, 11) is 0. The number of halogens is 1. The molecule has 1 saturated heterocycles. The molecule has 5 heteroatoms. The summed E-state index contributed by atoms with van der Waals surface area (Å²) in [4.78, 5) is 2.37. The first-order chi connectivity index (χ1) is 9.74. The van der Waals surface area contributed by atoms with Crippen molar-refractivity contribution in [3.63, 3.8) is 0 Å². The minimum Gasteiger partial charge on any atom is -0.371 e. The quantitative estimate of drug-likeness (QED) is 0.861. The number of rotatable bonds is 3. The van der Waals surface area contributed by atoms with E-state index in [2.05, 4.69) is 57.2 Å². The molecule has 1 aromatic heterocycles. The average Bonchev–Trinajstić information content (AvgIpc) is 2.95. The van der Waals surface area contributed by atoms with Gasteiger partial charge in [0.2, 0.25) is 0 Å². The SMILES string of the molecule is C[C@H]1[C@H](c2ccc(Br)cc2)OCCN1Cc1ccno1. The van der Waals surface area contributed by atoms with Crippen LogP contribution in [0, 0.1) is 0 Å². The summed E-state index contributed by atoms with van der Waals surface area (Å²) in [5, 5.41) is 3.76. The third-order valence-corrected chi connectivity index (χ3v) is 4.27. The fourth-order valence-corrected chi connectivity index (χ4v) is 2.87. The number of hydrogen-bond acceptors (Lipinski definition) is 4. The molecule has 0 amide bonds. The second kappa shape index (κ2) is 6.08. The first-order valence-electron chi connectivity index (χ1n) is 6.75. The van der Waals surface area contributed by atoms with Crippen molar-refractivity contribution < 1.29 is 9.26 Å². The van der Waals surface area contributed by atoms with Gasteiger partial charge in [-0.25, -0.2) is 0 Å². The monoisotopic (exact) mass is 336 g/mol. The molecular formula is C15H17BrN2O2. The molecule has 3 rings (SSSR count). The molecule has 2 heterocycles. The fourth-order valence-electron chi connectivity index (χ4n) is 2.61. The van der Waals surface area contributed by atoms with E-state index in [-0.39, 0.29) is 6.10 Å². The van der Waals surface area contributed by atoms with Crippen molar-refractivity contribution in [2.24, 2.45) is 0 Å². The predicted octanol–water partition coefficient (Wildman–Crippen LogP) is 3.40. The Balaban J connectivity index is 1.74. The van der Waals surface area contributed by atoms with Gasteiger partial charge in [-0.15, -0.1) is 0 Å². The zero-order chi connectivity index (χ0) is 13.9. The molecule has 0 aliphatic carbocycles. The predicted molar refractivity (Wildman–Crippen MR) is 79.2 cm³/mol. The number of aromatic nitrogens is 1. The lowest BCUT2D eigenvalue weighted by molar-refractivity contribution is -0.0723. The van der Waals surface area contributed by atoms with Crippen molar-refractivity contribution in [1.82, 2.24) is 10.1 Å². The van der Waals surface area contributed by atoms with Crippen LogP contribution in [-0.4, -0.2) is 29.3 Å². The van der Waals surface area contributed by atoms with Crippen LogP contribution in [0.25, 0.3) is 0 Å². The highest BCUT2D eigenvalue weighted by molar-refractivity contribution is 9.10. The van der Waals surface area contributed by atoms with Crippen molar-refractivity contribution in [1.29, 1.82) is 0 Å². The molecule has 1 aliphatic heterocycles. The van der Waals surface area contributed by atoms with Crippen LogP contribution in [0.4, 0.5) is 0 Å². The maximum Gasteiger partial charge on any atom is 0.150 e. The number of morpholine rings is 1. The maximum atomic E-state index is 5.96. The molecular weight excluding hydrogens is 320 g/mol. The molecule has 106 valence electrons. The van der Waals surface area contributed by atoms with E-state index < -0.39 is 0 Å². The van der Waals surface area contributed by atoms with Gasteiger partial charge in [0.15, 0.2) is 5.76 Å². The van der Waals surface area contributed by atoms with E-state index in [4.69, 9.17) is 9.26 Å². The Labute approximate surface area is 126 Å². The van der Waals surface area contributed by atoms with E-state index >= 15 is 0 Å². The summed E-state index contributed by atoms with van der Waals surface area (Å²) in [6.07, 6.45) is 1.78. The minimum absolute atomic E-state index is 0.0970. The van der Waals surface area contributed by atoms with Crippen LogP contribution in [0.15, 0.2) is 45.5 Å². The highest BCUT2D eigenvalue weighted by Gasteiger charge is 2.30. The maximum absolute atomic E-state index is 5.96. The van der Waals surface area contributed by atoms with Gasteiger partial charge in [0, 0.05) is 23.1 Å². The molecule has 0 bridgehead atoms. The zero-order valence-corrected chi connectivity index (χ0v) is 12.9. The lowest BCUT2D eigenvalue weighted by Crippen LogP contribution is -2.44. The van der Waals surface area contributed by atoms with Crippen LogP contribution in [0.1, 0.15) is 24.4 Å². The number of hydrogen-bond donors (Lipinski definition) is 0. The average molecular weight is 337 g/mol. The summed E-state index contributed by atoms with van der Waals surface area (Å²) in [5.41, 5.74) is 1.21. The Kier molecular flexibility index (Phi) is 4.19. The minimum atomic E-state index is 0.0970. The van der Waals surface area contributed by atoms with E-state index in [0.717, 1.165) is 29.9 Å². The van der Waals surface area contributed by atoms with Crippen molar-refractivity contribution in [3.8, 4) is 0 Å². The molecule has 0 N–H and O–H groups in total. The van der Waals surface area contributed by atoms with Gasteiger partial charge in [-0.3, -0.25) is 4.90 Å². The molecule has 0 unspecified atom stereocenters. The Hall–Kier alpha value is -1.17. The van der Waals surface area contributed by atoms with Crippen molar-refractivity contribution >= 4 is 15.9 Å². The second-order valence-corrected chi connectivity index (χ2v) is 5.95. The van der Waals surface area contributed by atoms with Gasteiger partial charge in [-0.1, -0.05) is 33.2 Å². The van der Waals surface area contributed by atoms with E-state index in [1.165, 1.54) is 5.56 Å². The standard InChI is InChI=1S/C15H17BrN2O2/c1-11-15(12-2-4-13(16)5-3-12)19-9-8-18(11)10-14-6-7-17-20-14/h2-7,11,15H,8-10H2,1H3/t11-,15+/m0/s1. The molecule has 0 saturated carbocycles. The first-order valence-corrected chi connectivity index (χ1v) is 7.54. The summed E-state index contributed by atoms with van der Waals surface area (Å²) >= 11 is 3.47. The molecule has 4 nitrogen and oxygen atoms in total. The van der Waals surface area contributed by atoms with Crippen LogP contribution in [0.2, 0.25) is 0 Å². The third kappa shape index (κ3) is 2.95. The van der Waals surface area contributed by atoms with Gasteiger partial charge in [-0.05, 0) is 24.6 Å². The summed E-state index contributed by atoms with van der Waals surface area (Å²) < 4.78 is 12.3. The van der Waals surface area contributed by atoms with Gasteiger partial charge < -0.3 is 9.26 Å². The Bertz CT molecular complexity index is 542. The van der Waals surface area contributed by atoms with Crippen LogP contribution in [0.5, 0.6) is 0 Å². The first kappa shape index (κ1) is 13.8. The van der Waals surface area contributed by atoms with E-state index in [9.17, 15) is 0 Å². The highest BCUT2D eigenvalue weighted by Crippen LogP contribution is 2.30. The van der Waals surface area contributed by atoms with Gasteiger partial charge in [-0.2, -0.15) is 0 Å². The van der Waals surface area contributed by atoms with Crippen molar-refractivity contribution in [2.75, 3.05) is 13.2 Å². The summed E-state index contributed by atoms with van der Waals surface area (Å²) in [6, 6.07) is 10.6. The molecule has 0 spiro atoms. The lowest BCUT2D eigenvalue weighted by Gasteiger charge is -2.39. The molecule has 1 aromatic carbocycles. The lowest BCUT2D eigenvalue weighted by atomic mass is 10.0. The Morgan fingerprint density at radius 1 is 1.30 bits per heavy atom. The summed E-state index contributed by atoms with van der Waals surface area (Å²) in [5.74, 6) is 0.897. The Morgan fingerprint density at radius 3 is 2.80 bits per heavy atom. The van der Waals surface area contributed by atoms with Crippen LogP contribution in [-0.2, 0) is 11.3 Å². The third-order valence-electron chi connectivity index (χ3n) is 3.74. The number of benzene rings is 1. The molecule has 2 atom stereocenters. The van der Waals surface area contributed by atoms with E-state index in [1.807, 2.05) is 6.07 Å². The largest absolute Gasteiger partial charge is 0.371 e. The zero-order valence-electron chi connectivity index (χ0n) is 11.3. The van der Waals surface area contributed by atoms with Crippen molar-refractivity contribution in [2.45, 2.75) is 25.6 Å². The Morgan fingerprint density at radius 2 is 2.10 bits per heavy atom.